The SMILES string of the molecule is CN1CCN(C(=O)NCCSc2ccccc2)CC1=O. The molecule has 1 N–H and O–H groups in total. The van der Waals surface area contributed by atoms with Crippen LogP contribution in [0.3, 0.4) is 0 Å². The molecule has 3 amide bonds. The molecular weight excluding hydrogens is 274 g/mol. The van der Waals surface area contributed by atoms with Gasteiger partial charge < -0.3 is 15.1 Å². The third kappa shape index (κ3) is 4.16. The second kappa shape index (κ2) is 7.19. The molecule has 1 aliphatic heterocycles. The normalized spacial score (nSPS) is 15.3. The average Bonchev–Trinajstić information content (AvgIpc) is 2.47. The van der Waals surface area contributed by atoms with E-state index in [-0.39, 0.29) is 18.5 Å². The lowest BCUT2D eigenvalue weighted by molar-refractivity contribution is -0.133. The Balaban J connectivity index is 1.67. The van der Waals surface area contributed by atoms with E-state index in [9.17, 15) is 9.59 Å². The molecule has 20 heavy (non-hydrogen) atoms. The van der Waals surface area contributed by atoms with Gasteiger partial charge in [0.2, 0.25) is 5.91 Å². The molecule has 0 aromatic heterocycles. The molecule has 2 rings (SSSR count). The van der Waals surface area contributed by atoms with Crippen LogP contribution in [0.4, 0.5) is 4.79 Å². The van der Waals surface area contributed by atoms with Crippen molar-refractivity contribution in [3.63, 3.8) is 0 Å². The Labute approximate surface area is 123 Å². The number of rotatable bonds is 4. The van der Waals surface area contributed by atoms with E-state index in [0.29, 0.717) is 19.6 Å². The molecule has 6 heteroatoms. The Bertz CT molecular complexity index is 467. The highest BCUT2D eigenvalue weighted by atomic mass is 32.2. The smallest absolute Gasteiger partial charge is 0.317 e. The van der Waals surface area contributed by atoms with Crippen LogP contribution in [0.5, 0.6) is 0 Å². The highest BCUT2D eigenvalue weighted by Gasteiger charge is 2.24. The predicted octanol–water partition coefficient (Wildman–Crippen LogP) is 1.26. The van der Waals surface area contributed by atoms with Gasteiger partial charge in [-0.05, 0) is 12.1 Å². The maximum Gasteiger partial charge on any atom is 0.317 e. The number of carbonyl (C=O) groups excluding carboxylic acids is 2. The monoisotopic (exact) mass is 293 g/mol. The van der Waals surface area contributed by atoms with Crippen LogP contribution in [0, 0.1) is 0 Å². The Hall–Kier alpha value is -1.69. The van der Waals surface area contributed by atoms with Crippen LogP contribution in [0.1, 0.15) is 0 Å². The van der Waals surface area contributed by atoms with E-state index in [1.54, 1.807) is 28.6 Å². The number of urea groups is 1. The molecule has 1 aromatic rings. The zero-order chi connectivity index (χ0) is 14.4. The number of likely N-dealkylation sites (N-methyl/N-ethyl adjacent to an activating group) is 1. The fourth-order valence-electron chi connectivity index (χ4n) is 1.89. The first-order valence-corrected chi connectivity index (χ1v) is 7.60. The zero-order valence-corrected chi connectivity index (χ0v) is 12.4. The van der Waals surface area contributed by atoms with Gasteiger partial charge in [0.15, 0.2) is 0 Å². The quantitative estimate of drug-likeness (QED) is 0.672. The van der Waals surface area contributed by atoms with Gasteiger partial charge >= 0.3 is 6.03 Å². The Kier molecular flexibility index (Phi) is 5.29. The van der Waals surface area contributed by atoms with Gasteiger partial charge in [-0.3, -0.25) is 4.79 Å². The number of hydrogen-bond donors (Lipinski definition) is 1. The minimum atomic E-state index is -0.153. The van der Waals surface area contributed by atoms with Crippen molar-refractivity contribution >= 4 is 23.7 Å². The Morgan fingerprint density at radius 1 is 1.30 bits per heavy atom. The largest absolute Gasteiger partial charge is 0.342 e. The summed E-state index contributed by atoms with van der Waals surface area (Å²) in [7, 11) is 1.76. The Morgan fingerprint density at radius 3 is 2.75 bits per heavy atom. The van der Waals surface area contributed by atoms with Gasteiger partial charge in [-0.1, -0.05) is 18.2 Å². The van der Waals surface area contributed by atoms with Crippen molar-refractivity contribution < 1.29 is 9.59 Å². The van der Waals surface area contributed by atoms with Crippen molar-refractivity contribution in [3.8, 4) is 0 Å². The number of piperazine rings is 1. The number of nitrogens with one attached hydrogen (secondary N) is 1. The van der Waals surface area contributed by atoms with Crippen LogP contribution in [-0.2, 0) is 4.79 Å². The summed E-state index contributed by atoms with van der Waals surface area (Å²) in [5.41, 5.74) is 0. The maximum absolute atomic E-state index is 11.9. The van der Waals surface area contributed by atoms with Crippen molar-refractivity contribution in [2.45, 2.75) is 4.90 Å². The third-order valence-corrected chi connectivity index (χ3v) is 4.15. The molecule has 1 fully saturated rings. The molecule has 0 radical (unpaired) electrons. The van der Waals surface area contributed by atoms with E-state index in [0.717, 1.165) is 5.75 Å². The molecule has 0 spiro atoms. The summed E-state index contributed by atoms with van der Waals surface area (Å²) in [5.74, 6) is 0.808. The van der Waals surface area contributed by atoms with Crippen molar-refractivity contribution in [1.29, 1.82) is 0 Å². The summed E-state index contributed by atoms with van der Waals surface area (Å²) < 4.78 is 0. The van der Waals surface area contributed by atoms with E-state index in [4.69, 9.17) is 0 Å². The second-order valence-corrected chi connectivity index (χ2v) is 5.80. The van der Waals surface area contributed by atoms with Gasteiger partial charge in [-0.15, -0.1) is 11.8 Å². The van der Waals surface area contributed by atoms with Crippen LogP contribution in [-0.4, -0.2) is 60.7 Å². The number of benzene rings is 1. The zero-order valence-electron chi connectivity index (χ0n) is 11.5. The summed E-state index contributed by atoms with van der Waals surface area (Å²) in [6.45, 7) is 1.97. The lowest BCUT2D eigenvalue weighted by Gasteiger charge is -2.31. The highest BCUT2D eigenvalue weighted by Crippen LogP contribution is 2.15. The van der Waals surface area contributed by atoms with E-state index in [2.05, 4.69) is 5.32 Å². The van der Waals surface area contributed by atoms with E-state index < -0.39 is 0 Å². The van der Waals surface area contributed by atoms with E-state index in [1.807, 2.05) is 30.3 Å². The molecule has 108 valence electrons. The van der Waals surface area contributed by atoms with Crippen LogP contribution in [0.25, 0.3) is 0 Å². The van der Waals surface area contributed by atoms with E-state index >= 15 is 0 Å². The number of amides is 3. The fourth-order valence-corrected chi connectivity index (χ4v) is 2.68. The summed E-state index contributed by atoms with van der Waals surface area (Å²) in [6, 6.07) is 9.92. The summed E-state index contributed by atoms with van der Waals surface area (Å²) >= 11 is 1.70. The van der Waals surface area contributed by atoms with Gasteiger partial charge in [-0.25, -0.2) is 4.79 Å². The van der Waals surface area contributed by atoms with Crippen molar-refractivity contribution in [2.75, 3.05) is 39.0 Å². The standard InChI is InChI=1S/C14H19N3O2S/c1-16-8-9-17(11-13(16)18)14(19)15-7-10-20-12-5-3-2-4-6-12/h2-6H,7-11H2,1H3,(H,15,19). The van der Waals surface area contributed by atoms with Gasteiger partial charge in [0.25, 0.3) is 0 Å². The first-order valence-electron chi connectivity index (χ1n) is 6.61. The molecule has 1 heterocycles. The molecule has 0 aliphatic carbocycles. The molecule has 5 nitrogen and oxygen atoms in total. The summed E-state index contributed by atoms with van der Waals surface area (Å²) in [5, 5.41) is 2.85. The number of thioether (sulfide) groups is 1. The molecule has 0 saturated carbocycles. The van der Waals surface area contributed by atoms with Crippen molar-refractivity contribution in [1.82, 2.24) is 15.1 Å². The molecule has 1 saturated heterocycles. The van der Waals surface area contributed by atoms with Crippen LogP contribution >= 0.6 is 11.8 Å². The molecule has 0 bridgehead atoms. The van der Waals surface area contributed by atoms with Crippen LogP contribution in [0.15, 0.2) is 35.2 Å². The lowest BCUT2D eigenvalue weighted by Crippen LogP contribution is -2.53. The summed E-state index contributed by atoms with van der Waals surface area (Å²) in [6.07, 6.45) is 0. The van der Waals surface area contributed by atoms with Crippen molar-refractivity contribution in [2.24, 2.45) is 0 Å². The van der Waals surface area contributed by atoms with Crippen molar-refractivity contribution in [3.05, 3.63) is 30.3 Å². The number of nitrogens with zero attached hydrogens (tertiary/aromatic N) is 2. The van der Waals surface area contributed by atoms with Crippen LogP contribution in [0.2, 0.25) is 0 Å². The third-order valence-electron chi connectivity index (χ3n) is 3.13. The first-order chi connectivity index (χ1) is 9.66. The lowest BCUT2D eigenvalue weighted by atomic mass is 10.3. The fraction of sp³-hybridized carbons (Fsp3) is 0.429. The molecule has 1 aromatic carbocycles. The van der Waals surface area contributed by atoms with E-state index in [1.165, 1.54) is 4.90 Å². The molecule has 1 aliphatic rings. The van der Waals surface area contributed by atoms with Gasteiger partial charge in [0.05, 0.1) is 0 Å². The minimum absolute atomic E-state index is 0.00920. The number of carbonyl (C=O) groups is 2. The van der Waals surface area contributed by atoms with Gasteiger partial charge in [0, 0.05) is 37.3 Å². The number of hydrogen-bond acceptors (Lipinski definition) is 3. The van der Waals surface area contributed by atoms with Gasteiger partial charge in [-0.2, -0.15) is 0 Å². The first kappa shape index (κ1) is 14.7. The minimum Gasteiger partial charge on any atom is -0.342 e. The summed E-state index contributed by atoms with van der Waals surface area (Å²) in [4.78, 5) is 27.8. The molecule has 0 unspecified atom stereocenters. The Morgan fingerprint density at radius 2 is 2.05 bits per heavy atom. The topological polar surface area (TPSA) is 52.6 Å². The van der Waals surface area contributed by atoms with Crippen LogP contribution < -0.4 is 5.32 Å². The molecular formula is C14H19N3O2S. The molecule has 0 atom stereocenters. The average molecular weight is 293 g/mol. The highest BCUT2D eigenvalue weighted by molar-refractivity contribution is 7.99. The predicted molar refractivity (Wildman–Crippen MR) is 79.8 cm³/mol. The second-order valence-electron chi connectivity index (χ2n) is 4.63. The maximum atomic E-state index is 11.9. The van der Waals surface area contributed by atoms with Gasteiger partial charge in [0.1, 0.15) is 6.54 Å².